The predicted octanol–water partition coefficient (Wildman–Crippen LogP) is 3.17. The van der Waals surface area contributed by atoms with Gasteiger partial charge in [0.05, 0.1) is 29.0 Å². The minimum atomic E-state index is -4.54. The first-order valence-electron chi connectivity index (χ1n) is 8.51. The van der Waals surface area contributed by atoms with Gasteiger partial charge in [-0.25, -0.2) is 0 Å². The Morgan fingerprint density at radius 2 is 1.62 bits per heavy atom. The summed E-state index contributed by atoms with van der Waals surface area (Å²) in [6.07, 6.45) is -2.65. The van der Waals surface area contributed by atoms with E-state index in [2.05, 4.69) is 10.6 Å². The number of hydrogen-bond acceptors (Lipinski definition) is 3. The van der Waals surface area contributed by atoms with E-state index in [0.29, 0.717) is 10.6 Å². The Morgan fingerprint density at radius 1 is 1.03 bits per heavy atom. The maximum atomic E-state index is 12.8. The summed E-state index contributed by atoms with van der Waals surface area (Å²) in [4.78, 5) is 25.9. The second-order valence-electron chi connectivity index (χ2n) is 6.30. The van der Waals surface area contributed by atoms with Crippen molar-refractivity contribution >= 4 is 46.6 Å². The van der Waals surface area contributed by atoms with Gasteiger partial charge in [-0.05, 0) is 36.6 Å². The van der Waals surface area contributed by atoms with Gasteiger partial charge in [-0.1, -0.05) is 23.7 Å². The molecule has 2 aromatic rings. The monoisotopic (exact) mass is 446 g/mol. The van der Waals surface area contributed by atoms with Crippen molar-refractivity contribution in [1.29, 1.82) is 0 Å². The third-order valence-corrected chi connectivity index (χ3v) is 5.00. The Balaban J connectivity index is 1.93. The zero-order chi connectivity index (χ0) is 21.6. The fraction of sp³-hybridized carbons (Fsp3) is 0.263. The third kappa shape index (κ3) is 6.95. The Bertz CT molecular complexity index is 893. The number of para-hydroxylation sites is 1. The fourth-order valence-electron chi connectivity index (χ4n) is 2.54. The molecule has 0 fully saturated rings. The number of quaternary nitrogens is 1. The van der Waals surface area contributed by atoms with Crippen molar-refractivity contribution in [1.82, 2.24) is 0 Å². The van der Waals surface area contributed by atoms with Crippen LogP contribution in [0.3, 0.4) is 0 Å². The fourth-order valence-corrected chi connectivity index (χ4v) is 3.26. The second-order valence-corrected chi connectivity index (χ2v) is 7.55. The number of thioether (sulfide) groups is 1. The molecular weight excluding hydrogens is 427 g/mol. The van der Waals surface area contributed by atoms with Crippen molar-refractivity contribution in [2.45, 2.75) is 11.1 Å². The highest BCUT2D eigenvalue weighted by Crippen LogP contribution is 2.33. The number of anilines is 2. The largest absolute Gasteiger partial charge is 0.416 e. The van der Waals surface area contributed by atoms with Crippen LogP contribution in [-0.4, -0.2) is 38.2 Å². The highest BCUT2D eigenvalue weighted by Gasteiger charge is 2.31. The first-order chi connectivity index (χ1) is 13.6. The number of carbonyl (C=O) groups is 2. The second kappa shape index (κ2) is 10.00. The van der Waals surface area contributed by atoms with Gasteiger partial charge in [0, 0.05) is 4.90 Å². The lowest BCUT2D eigenvalue weighted by molar-refractivity contribution is -0.862. The van der Waals surface area contributed by atoms with Gasteiger partial charge in [0.15, 0.2) is 13.1 Å². The van der Waals surface area contributed by atoms with Crippen molar-refractivity contribution in [3.63, 3.8) is 0 Å². The van der Waals surface area contributed by atoms with Gasteiger partial charge >= 0.3 is 6.18 Å². The van der Waals surface area contributed by atoms with E-state index in [-0.39, 0.29) is 29.7 Å². The van der Waals surface area contributed by atoms with Crippen LogP contribution in [0.5, 0.6) is 0 Å². The Kier molecular flexibility index (Phi) is 7.95. The Hall–Kier alpha value is -2.23. The number of nitrogens with one attached hydrogen (secondary N) is 3. The molecule has 0 radical (unpaired) electrons. The molecule has 2 rings (SSSR count). The summed E-state index contributed by atoms with van der Waals surface area (Å²) in [6, 6.07) is 10.0. The number of likely N-dealkylation sites (N-methyl/N-ethyl adjacent to an activating group) is 1. The smallest absolute Gasteiger partial charge is 0.322 e. The molecule has 29 heavy (non-hydrogen) atoms. The SMILES string of the molecule is CSc1ccccc1NC(=O)C[NH+](C)CC(=O)Nc1cc(C(F)(F)F)ccc1Cl. The van der Waals surface area contributed by atoms with Gasteiger partial charge in [0.25, 0.3) is 11.8 Å². The molecule has 2 aromatic carbocycles. The molecule has 2 amide bonds. The van der Waals surface area contributed by atoms with Gasteiger partial charge in [0.2, 0.25) is 0 Å². The summed E-state index contributed by atoms with van der Waals surface area (Å²) in [6.45, 7) is -0.114. The van der Waals surface area contributed by atoms with Crippen LogP contribution in [0.25, 0.3) is 0 Å². The Morgan fingerprint density at radius 3 is 2.21 bits per heavy atom. The van der Waals surface area contributed by atoms with Crippen LogP contribution in [0.1, 0.15) is 5.56 Å². The lowest BCUT2D eigenvalue weighted by Gasteiger charge is -2.15. The van der Waals surface area contributed by atoms with Crippen molar-refractivity contribution < 1.29 is 27.7 Å². The lowest BCUT2D eigenvalue weighted by Crippen LogP contribution is -3.11. The molecule has 1 atom stereocenters. The van der Waals surface area contributed by atoms with Crippen molar-refractivity contribution in [2.24, 2.45) is 0 Å². The van der Waals surface area contributed by atoms with Gasteiger partial charge in [0.1, 0.15) is 0 Å². The summed E-state index contributed by atoms with van der Waals surface area (Å²) in [7, 11) is 1.63. The Labute approximate surface area is 175 Å². The summed E-state index contributed by atoms with van der Waals surface area (Å²) >= 11 is 7.37. The molecule has 3 N–H and O–H groups in total. The van der Waals surface area contributed by atoms with E-state index >= 15 is 0 Å². The summed E-state index contributed by atoms with van der Waals surface area (Å²) in [5, 5.41) is 5.15. The van der Waals surface area contributed by atoms with Crippen LogP contribution in [0.4, 0.5) is 24.5 Å². The molecule has 0 heterocycles. The maximum Gasteiger partial charge on any atom is 0.416 e. The molecule has 1 unspecified atom stereocenters. The quantitative estimate of drug-likeness (QED) is 0.572. The van der Waals surface area contributed by atoms with Crippen LogP contribution in [0, 0.1) is 0 Å². The molecule has 0 saturated heterocycles. The molecule has 10 heteroatoms. The van der Waals surface area contributed by atoms with Crippen LogP contribution in [-0.2, 0) is 15.8 Å². The van der Waals surface area contributed by atoms with Crippen LogP contribution < -0.4 is 15.5 Å². The van der Waals surface area contributed by atoms with Crippen molar-refractivity contribution in [2.75, 3.05) is 37.0 Å². The average molecular weight is 447 g/mol. The third-order valence-electron chi connectivity index (χ3n) is 3.87. The number of carbonyl (C=O) groups excluding carboxylic acids is 2. The van der Waals surface area contributed by atoms with E-state index in [9.17, 15) is 22.8 Å². The highest BCUT2D eigenvalue weighted by atomic mass is 35.5. The number of rotatable bonds is 7. The van der Waals surface area contributed by atoms with E-state index < -0.39 is 17.6 Å². The molecule has 0 bridgehead atoms. The molecule has 0 aliphatic heterocycles. The van der Waals surface area contributed by atoms with E-state index in [1.807, 2.05) is 18.4 Å². The minimum Gasteiger partial charge on any atom is -0.322 e. The van der Waals surface area contributed by atoms with Gasteiger partial charge in [-0.3, -0.25) is 9.59 Å². The van der Waals surface area contributed by atoms with Crippen molar-refractivity contribution in [3.05, 3.63) is 53.1 Å². The number of halogens is 4. The summed E-state index contributed by atoms with van der Waals surface area (Å²) in [5.41, 5.74) is -0.361. The average Bonchev–Trinajstić information content (AvgIpc) is 2.62. The van der Waals surface area contributed by atoms with Gasteiger partial charge < -0.3 is 15.5 Å². The molecule has 156 valence electrons. The van der Waals surface area contributed by atoms with E-state index in [4.69, 9.17) is 11.6 Å². The molecule has 0 spiro atoms. The van der Waals surface area contributed by atoms with E-state index in [0.717, 1.165) is 23.1 Å². The maximum absolute atomic E-state index is 12.8. The van der Waals surface area contributed by atoms with Crippen LogP contribution in [0.2, 0.25) is 5.02 Å². The van der Waals surface area contributed by atoms with Gasteiger partial charge in [-0.15, -0.1) is 11.8 Å². The zero-order valence-corrected chi connectivity index (χ0v) is 17.3. The number of alkyl halides is 3. The van der Waals surface area contributed by atoms with Crippen molar-refractivity contribution in [3.8, 4) is 0 Å². The zero-order valence-electron chi connectivity index (χ0n) is 15.7. The molecule has 0 saturated carbocycles. The molecule has 5 nitrogen and oxygen atoms in total. The molecule has 0 aliphatic rings. The van der Waals surface area contributed by atoms with Crippen LogP contribution >= 0.6 is 23.4 Å². The standard InChI is InChI=1S/C19H19ClF3N3O2S/c1-26(10-17(27)24-14-5-3-4-6-16(14)29-2)11-18(28)25-15-9-12(19(21,22)23)7-8-13(15)20/h3-9H,10-11H2,1-2H3,(H,24,27)(H,25,28)/p+1. The first-order valence-corrected chi connectivity index (χ1v) is 10.1. The highest BCUT2D eigenvalue weighted by molar-refractivity contribution is 7.98. The number of amides is 2. The van der Waals surface area contributed by atoms with Crippen LogP contribution in [0.15, 0.2) is 47.4 Å². The molecule has 0 aromatic heterocycles. The normalized spacial score (nSPS) is 12.3. The van der Waals surface area contributed by atoms with Gasteiger partial charge in [-0.2, -0.15) is 13.2 Å². The summed E-state index contributed by atoms with van der Waals surface area (Å²) < 4.78 is 38.5. The number of hydrogen-bond donors (Lipinski definition) is 3. The summed E-state index contributed by atoms with van der Waals surface area (Å²) in [5.74, 6) is -0.838. The number of benzene rings is 2. The molecule has 0 aliphatic carbocycles. The minimum absolute atomic E-state index is 0.00424. The predicted molar refractivity (Wildman–Crippen MR) is 109 cm³/mol. The molecular formula is C19H20ClF3N3O2S+. The van der Waals surface area contributed by atoms with E-state index in [1.54, 1.807) is 19.2 Å². The topological polar surface area (TPSA) is 62.6 Å². The lowest BCUT2D eigenvalue weighted by atomic mass is 10.2. The first kappa shape index (κ1) is 23.1. The van der Waals surface area contributed by atoms with E-state index in [1.165, 1.54) is 11.8 Å².